The minimum atomic E-state index is -0.380. The minimum absolute atomic E-state index is 0.380. The number of anilines is 2. The summed E-state index contributed by atoms with van der Waals surface area (Å²) in [5.41, 5.74) is 3.89. The molecule has 0 N–H and O–H groups in total. The Bertz CT molecular complexity index is 1240. The van der Waals surface area contributed by atoms with Crippen LogP contribution < -0.4 is 15.3 Å². The Hall–Kier alpha value is -4.05. The van der Waals surface area contributed by atoms with Crippen molar-refractivity contribution in [3.05, 3.63) is 113 Å². The molecule has 160 valence electrons. The van der Waals surface area contributed by atoms with Gasteiger partial charge in [0.25, 0.3) is 0 Å². The molecule has 4 nitrogen and oxygen atoms in total. The second-order valence-corrected chi connectivity index (χ2v) is 7.25. The van der Waals surface area contributed by atoms with Crippen LogP contribution in [0.4, 0.5) is 11.4 Å². The summed E-state index contributed by atoms with van der Waals surface area (Å²) in [4.78, 5) is 15.0. The van der Waals surface area contributed by atoms with E-state index < -0.39 is 0 Å². The Morgan fingerprint density at radius 2 is 1.53 bits per heavy atom. The van der Waals surface area contributed by atoms with Crippen molar-refractivity contribution in [1.82, 2.24) is 0 Å². The first kappa shape index (κ1) is 21.2. The van der Waals surface area contributed by atoms with Gasteiger partial charge >= 0.3 is 5.63 Å². The summed E-state index contributed by atoms with van der Waals surface area (Å²) in [7, 11) is 1.63. The molecule has 0 saturated heterocycles. The van der Waals surface area contributed by atoms with E-state index >= 15 is 0 Å². The maximum atomic E-state index is 13.1. The van der Waals surface area contributed by atoms with E-state index in [0.717, 1.165) is 28.1 Å². The number of nitrogens with zero attached hydrogens (tertiary/aromatic N) is 1. The van der Waals surface area contributed by atoms with Gasteiger partial charge in [-0.1, -0.05) is 66.7 Å². The lowest BCUT2D eigenvalue weighted by molar-refractivity contribution is 0.415. The van der Waals surface area contributed by atoms with E-state index in [1.807, 2.05) is 115 Å². The van der Waals surface area contributed by atoms with Gasteiger partial charge in [0.05, 0.1) is 7.11 Å². The molecule has 0 saturated carbocycles. The first-order chi connectivity index (χ1) is 15.7. The van der Waals surface area contributed by atoms with Crippen molar-refractivity contribution in [3.63, 3.8) is 0 Å². The third-order valence-electron chi connectivity index (χ3n) is 5.26. The number of hydrogen-bond acceptors (Lipinski definition) is 4. The molecular formula is C28H25NO3. The van der Waals surface area contributed by atoms with Crippen LogP contribution in [-0.2, 0) is 0 Å². The molecule has 0 unspecified atom stereocenters. The highest BCUT2D eigenvalue weighted by atomic mass is 16.5. The molecule has 0 atom stereocenters. The van der Waals surface area contributed by atoms with Crippen LogP contribution in [0.2, 0.25) is 0 Å². The SMILES string of the molecule is CCN(c1ccc(OC)cc1)c1cc(-c2ccccc2)c(/C=C/c2ccccc2)oc1=O. The van der Waals surface area contributed by atoms with Gasteiger partial charge in [0.15, 0.2) is 0 Å². The lowest BCUT2D eigenvalue weighted by Crippen LogP contribution is -2.23. The standard InChI is InChI=1S/C28H25NO3/c1-3-29(23-15-17-24(31-2)18-16-23)26-20-25(22-12-8-5-9-13-22)27(32-28(26)30)19-14-21-10-6-4-7-11-21/h4-20H,3H2,1-2H3/b19-14+. The van der Waals surface area contributed by atoms with Gasteiger partial charge in [0.2, 0.25) is 0 Å². The zero-order chi connectivity index (χ0) is 22.3. The van der Waals surface area contributed by atoms with Gasteiger partial charge in [-0.05, 0) is 54.5 Å². The van der Waals surface area contributed by atoms with Crippen LogP contribution in [0.25, 0.3) is 23.3 Å². The summed E-state index contributed by atoms with van der Waals surface area (Å²) in [5.74, 6) is 1.29. The van der Waals surface area contributed by atoms with Crippen LogP contribution in [0.3, 0.4) is 0 Å². The van der Waals surface area contributed by atoms with Gasteiger partial charge in [-0.3, -0.25) is 0 Å². The molecule has 1 aromatic heterocycles. The highest BCUT2D eigenvalue weighted by Gasteiger charge is 2.17. The van der Waals surface area contributed by atoms with Gasteiger partial charge in [-0.15, -0.1) is 0 Å². The lowest BCUT2D eigenvalue weighted by atomic mass is 10.0. The number of hydrogen-bond donors (Lipinski definition) is 0. The van der Waals surface area contributed by atoms with Crippen molar-refractivity contribution < 1.29 is 9.15 Å². The van der Waals surface area contributed by atoms with Gasteiger partial charge < -0.3 is 14.1 Å². The minimum Gasteiger partial charge on any atom is -0.497 e. The molecule has 4 aromatic rings. The van der Waals surface area contributed by atoms with E-state index in [4.69, 9.17) is 9.15 Å². The van der Waals surface area contributed by atoms with Crippen LogP contribution >= 0.6 is 0 Å². The smallest absolute Gasteiger partial charge is 0.360 e. The topological polar surface area (TPSA) is 42.7 Å². The van der Waals surface area contributed by atoms with Crippen molar-refractivity contribution in [2.75, 3.05) is 18.6 Å². The van der Waals surface area contributed by atoms with Crippen molar-refractivity contribution in [2.45, 2.75) is 6.92 Å². The molecule has 32 heavy (non-hydrogen) atoms. The average Bonchev–Trinajstić information content (AvgIpc) is 2.85. The Morgan fingerprint density at radius 3 is 2.16 bits per heavy atom. The largest absolute Gasteiger partial charge is 0.497 e. The number of benzene rings is 3. The van der Waals surface area contributed by atoms with E-state index in [1.165, 1.54) is 0 Å². The first-order valence-corrected chi connectivity index (χ1v) is 10.6. The summed E-state index contributed by atoms with van der Waals surface area (Å²) in [6.45, 7) is 2.62. The fourth-order valence-electron chi connectivity index (χ4n) is 3.62. The second kappa shape index (κ2) is 9.84. The van der Waals surface area contributed by atoms with E-state index in [2.05, 4.69) is 0 Å². The highest BCUT2D eigenvalue weighted by Crippen LogP contribution is 2.31. The molecule has 0 spiro atoms. The summed E-state index contributed by atoms with van der Waals surface area (Å²) >= 11 is 0. The van der Waals surface area contributed by atoms with Crippen molar-refractivity contribution >= 4 is 23.5 Å². The van der Waals surface area contributed by atoms with Crippen molar-refractivity contribution in [2.24, 2.45) is 0 Å². The first-order valence-electron chi connectivity index (χ1n) is 10.6. The van der Waals surface area contributed by atoms with Crippen LogP contribution in [0.15, 0.2) is 100 Å². The molecular weight excluding hydrogens is 398 g/mol. The Balaban J connectivity index is 1.82. The third kappa shape index (κ3) is 4.65. The molecule has 3 aromatic carbocycles. The second-order valence-electron chi connectivity index (χ2n) is 7.25. The summed E-state index contributed by atoms with van der Waals surface area (Å²) < 4.78 is 11.1. The van der Waals surface area contributed by atoms with Gasteiger partial charge in [-0.2, -0.15) is 0 Å². The fourth-order valence-corrected chi connectivity index (χ4v) is 3.62. The lowest BCUT2D eigenvalue weighted by Gasteiger charge is -2.23. The predicted octanol–water partition coefficient (Wildman–Crippen LogP) is 6.64. The molecule has 0 fully saturated rings. The zero-order valence-electron chi connectivity index (χ0n) is 18.2. The van der Waals surface area contributed by atoms with Crippen LogP contribution in [0, 0.1) is 0 Å². The maximum Gasteiger partial charge on any atom is 0.360 e. The van der Waals surface area contributed by atoms with Crippen LogP contribution in [0.5, 0.6) is 5.75 Å². The molecule has 1 heterocycles. The van der Waals surface area contributed by atoms with Crippen molar-refractivity contribution in [1.29, 1.82) is 0 Å². The Morgan fingerprint density at radius 1 is 0.875 bits per heavy atom. The fraction of sp³-hybridized carbons (Fsp3) is 0.107. The van der Waals surface area contributed by atoms with E-state index in [9.17, 15) is 4.79 Å². The molecule has 0 bridgehead atoms. The quantitative estimate of drug-likeness (QED) is 0.334. The summed E-state index contributed by atoms with van der Waals surface area (Å²) in [6.07, 6.45) is 3.80. The summed E-state index contributed by atoms with van der Waals surface area (Å²) in [6, 6.07) is 29.5. The molecule has 4 heteroatoms. The number of ether oxygens (including phenoxy) is 1. The van der Waals surface area contributed by atoms with Crippen LogP contribution in [-0.4, -0.2) is 13.7 Å². The number of rotatable bonds is 7. The monoisotopic (exact) mass is 423 g/mol. The Kier molecular flexibility index (Phi) is 6.52. The third-order valence-corrected chi connectivity index (χ3v) is 5.26. The van der Waals surface area contributed by atoms with Crippen LogP contribution in [0.1, 0.15) is 18.2 Å². The highest BCUT2D eigenvalue weighted by molar-refractivity contribution is 5.80. The van der Waals surface area contributed by atoms with Gasteiger partial charge in [0, 0.05) is 17.8 Å². The molecule has 0 aliphatic carbocycles. The maximum absolute atomic E-state index is 13.1. The Labute approximate surface area is 188 Å². The molecule has 0 aliphatic rings. The predicted molar refractivity (Wildman–Crippen MR) is 131 cm³/mol. The van der Waals surface area contributed by atoms with E-state index in [-0.39, 0.29) is 5.63 Å². The molecule has 0 aliphatic heterocycles. The summed E-state index contributed by atoms with van der Waals surface area (Å²) in [5, 5.41) is 0. The zero-order valence-corrected chi connectivity index (χ0v) is 18.2. The van der Waals surface area contributed by atoms with E-state index in [1.54, 1.807) is 7.11 Å². The molecule has 4 rings (SSSR count). The number of methoxy groups -OCH3 is 1. The molecule has 0 radical (unpaired) electrons. The van der Waals surface area contributed by atoms with Gasteiger partial charge in [0.1, 0.15) is 17.2 Å². The van der Waals surface area contributed by atoms with Crippen molar-refractivity contribution in [3.8, 4) is 16.9 Å². The van der Waals surface area contributed by atoms with E-state index in [0.29, 0.717) is 18.0 Å². The normalized spacial score (nSPS) is 10.9. The average molecular weight is 424 g/mol. The molecule has 0 amide bonds. The van der Waals surface area contributed by atoms with Gasteiger partial charge in [-0.25, -0.2) is 4.79 Å².